The van der Waals surface area contributed by atoms with Gasteiger partial charge < -0.3 is 9.63 Å². The highest BCUT2D eigenvalue weighted by Crippen LogP contribution is 2.32. The second-order valence-electron chi connectivity index (χ2n) is 6.14. The van der Waals surface area contributed by atoms with E-state index in [-0.39, 0.29) is 0 Å². The van der Waals surface area contributed by atoms with Gasteiger partial charge in [0.15, 0.2) is 5.82 Å². The molecule has 0 aliphatic heterocycles. The average Bonchev–Trinajstić information content (AvgIpc) is 2.95. The van der Waals surface area contributed by atoms with Crippen molar-refractivity contribution in [1.82, 2.24) is 15.0 Å². The van der Waals surface area contributed by atoms with Crippen molar-refractivity contribution < 1.29 is 9.63 Å². The molecule has 1 aliphatic carbocycles. The lowest BCUT2D eigenvalue weighted by Gasteiger charge is -2.26. The highest BCUT2D eigenvalue weighted by molar-refractivity contribution is 4.98. The van der Waals surface area contributed by atoms with E-state index in [0.29, 0.717) is 24.9 Å². The van der Waals surface area contributed by atoms with Gasteiger partial charge in [0.2, 0.25) is 5.89 Å². The van der Waals surface area contributed by atoms with E-state index in [0.717, 1.165) is 12.4 Å². The van der Waals surface area contributed by atoms with Gasteiger partial charge in [0.05, 0.1) is 12.1 Å². The predicted octanol–water partition coefficient (Wildman–Crippen LogP) is 2.32. The average molecular weight is 267 g/mol. The molecule has 0 atom stereocenters. The summed E-state index contributed by atoms with van der Waals surface area (Å²) in [6.07, 6.45) is 4.91. The molecule has 0 spiro atoms. The van der Waals surface area contributed by atoms with Crippen LogP contribution in [0.15, 0.2) is 4.52 Å². The fourth-order valence-corrected chi connectivity index (χ4v) is 2.70. The third-order valence-electron chi connectivity index (χ3n) is 3.62. The number of aliphatic hydroxyl groups is 1. The largest absolute Gasteiger partial charge is 0.389 e. The minimum absolute atomic E-state index is 0.488. The van der Waals surface area contributed by atoms with E-state index in [9.17, 15) is 5.11 Å². The van der Waals surface area contributed by atoms with Crippen molar-refractivity contribution in [3.05, 3.63) is 11.7 Å². The zero-order valence-corrected chi connectivity index (χ0v) is 12.2. The maximum atomic E-state index is 9.87. The summed E-state index contributed by atoms with van der Waals surface area (Å²) in [5.41, 5.74) is -0.704. The predicted molar refractivity (Wildman–Crippen MR) is 72.8 cm³/mol. The van der Waals surface area contributed by atoms with Gasteiger partial charge in [-0.3, -0.25) is 4.90 Å². The Morgan fingerprint density at radius 1 is 1.37 bits per heavy atom. The zero-order chi connectivity index (χ0) is 13.9. The summed E-state index contributed by atoms with van der Waals surface area (Å²) in [4.78, 5) is 6.63. The smallest absolute Gasteiger partial charge is 0.240 e. The van der Waals surface area contributed by atoms with Gasteiger partial charge in [0.25, 0.3) is 0 Å². The van der Waals surface area contributed by atoms with Crippen LogP contribution in [0.3, 0.4) is 0 Å². The van der Waals surface area contributed by atoms with Crippen LogP contribution in [0.5, 0.6) is 0 Å². The van der Waals surface area contributed by atoms with Gasteiger partial charge in [-0.05, 0) is 33.2 Å². The van der Waals surface area contributed by atoms with Crippen LogP contribution in [-0.2, 0) is 6.54 Å². The molecule has 0 aromatic carbocycles. The van der Waals surface area contributed by atoms with Crippen LogP contribution in [0.2, 0.25) is 0 Å². The second kappa shape index (κ2) is 6.01. The van der Waals surface area contributed by atoms with Crippen molar-refractivity contribution in [1.29, 1.82) is 0 Å². The minimum atomic E-state index is -0.704. The number of hydrogen-bond acceptors (Lipinski definition) is 5. The highest BCUT2D eigenvalue weighted by Gasteiger charge is 2.24. The Balaban J connectivity index is 1.94. The van der Waals surface area contributed by atoms with Gasteiger partial charge in [-0.25, -0.2) is 0 Å². The molecule has 5 nitrogen and oxygen atoms in total. The Kier molecular flexibility index (Phi) is 4.58. The standard InChI is InChI=1S/C14H25N3O2/c1-4-17(10-14(2,3)18)9-12-15-13(16-19-12)11-7-5-6-8-11/h11,18H,4-10H2,1-3H3. The first-order chi connectivity index (χ1) is 8.98. The van der Waals surface area contributed by atoms with E-state index in [2.05, 4.69) is 22.0 Å². The Morgan fingerprint density at radius 2 is 2.05 bits per heavy atom. The van der Waals surface area contributed by atoms with Gasteiger partial charge in [0.1, 0.15) is 0 Å². The number of rotatable bonds is 6. The molecule has 0 radical (unpaired) electrons. The van der Waals surface area contributed by atoms with E-state index in [1.165, 1.54) is 25.7 Å². The molecule has 0 bridgehead atoms. The number of aromatic nitrogens is 2. The minimum Gasteiger partial charge on any atom is -0.389 e. The first kappa shape index (κ1) is 14.5. The molecule has 1 aromatic rings. The van der Waals surface area contributed by atoms with Crippen molar-refractivity contribution in [2.75, 3.05) is 13.1 Å². The quantitative estimate of drug-likeness (QED) is 0.857. The lowest BCUT2D eigenvalue weighted by Crippen LogP contribution is -2.38. The van der Waals surface area contributed by atoms with Crippen LogP contribution in [0.25, 0.3) is 0 Å². The summed E-state index contributed by atoms with van der Waals surface area (Å²) >= 11 is 0. The van der Waals surface area contributed by atoms with E-state index < -0.39 is 5.60 Å². The van der Waals surface area contributed by atoms with Gasteiger partial charge in [-0.15, -0.1) is 0 Å². The molecule has 0 unspecified atom stereocenters. The van der Waals surface area contributed by atoms with Crippen LogP contribution < -0.4 is 0 Å². The first-order valence-electron chi connectivity index (χ1n) is 7.25. The summed E-state index contributed by atoms with van der Waals surface area (Å²) < 4.78 is 5.34. The third-order valence-corrected chi connectivity index (χ3v) is 3.62. The van der Waals surface area contributed by atoms with Crippen LogP contribution in [0, 0.1) is 0 Å². The molecule has 19 heavy (non-hydrogen) atoms. The van der Waals surface area contributed by atoms with Crippen molar-refractivity contribution in [3.8, 4) is 0 Å². The van der Waals surface area contributed by atoms with Crippen molar-refractivity contribution >= 4 is 0 Å². The Morgan fingerprint density at radius 3 is 2.63 bits per heavy atom. The third kappa shape index (κ3) is 4.28. The molecule has 1 fully saturated rings. The lowest BCUT2D eigenvalue weighted by atomic mass is 10.1. The summed E-state index contributed by atoms with van der Waals surface area (Å²) in [6.45, 7) is 7.76. The van der Waals surface area contributed by atoms with Crippen molar-refractivity contribution in [2.45, 2.75) is 64.5 Å². The molecule has 2 rings (SSSR count). The van der Waals surface area contributed by atoms with Gasteiger partial charge in [-0.1, -0.05) is 24.9 Å². The summed E-state index contributed by atoms with van der Waals surface area (Å²) in [5, 5.41) is 14.0. The molecule has 5 heteroatoms. The van der Waals surface area contributed by atoms with Crippen LogP contribution in [0.4, 0.5) is 0 Å². The summed E-state index contributed by atoms with van der Waals surface area (Å²) in [7, 11) is 0. The number of hydrogen-bond donors (Lipinski definition) is 1. The maximum Gasteiger partial charge on any atom is 0.240 e. The Hall–Kier alpha value is -0.940. The molecular weight excluding hydrogens is 242 g/mol. The monoisotopic (exact) mass is 267 g/mol. The van der Waals surface area contributed by atoms with Crippen molar-refractivity contribution in [3.63, 3.8) is 0 Å². The molecule has 108 valence electrons. The van der Waals surface area contributed by atoms with E-state index >= 15 is 0 Å². The first-order valence-corrected chi connectivity index (χ1v) is 7.25. The fourth-order valence-electron chi connectivity index (χ4n) is 2.70. The molecule has 1 N–H and O–H groups in total. The van der Waals surface area contributed by atoms with Crippen LogP contribution in [-0.4, -0.2) is 38.8 Å². The van der Waals surface area contributed by atoms with Crippen molar-refractivity contribution in [2.24, 2.45) is 0 Å². The molecule has 1 aromatic heterocycles. The summed E-state index contributed by atoms with van der Waals surface area (Å²) in [6, 6.07) is 0. The maximum absolute atomic E-state index is 9.87. The Bertz CT molecular complexity index is 392. The molecule has 1 saturated carbocycles. The normalized spacial score (nSPS) is 17.5. The van der Waals surface area contributed by atoms with E-state index in [1.807, 2.05) is 13.8 Å². The Labute approximate surface area is 115 Å². The molecular formula is C14H25N3O2. The highest BCUT2D eigenvalue weighted by atomic mass is 16.5. The van der Waals surface area contributed by atoms with Crippen LogP contribution in [0.1, 0.15) is 64.1 Å². The van der Waals surface area contributed by atoms with Gasteiger partial charge in [0, 0.05) is 12.5 Å². The molecule has 1 heterocycles. The van der Waals surface area contributed by atoms with Crippen LogP contribution >= 0.6 is 0 Å². The zero-order valence-electron chi connectivity index (χ0n) is 12.2. The second-order valence-corrected chi connectivity index (χ2v) is 6.14. The molecule has 0 saturated heterocycles. The topological polar surface area (TPSA) is 62.4 Å². The van der Waals surface area contributed by atoms with Gasteiger partial charge >= 0.3 is 0 Å². The number of likely N-dealkylation sites (N-methyl/N-ethyl adjacent to an activating group) is 1. The SMILES string of the molecule is CCN(Cc1nc(C2CCCC2)no1)CC(C)(C)O. The van der Waals surface area contributed by atoms with Gasteiger partial charge in [-0.2, -0.15) is 4.98 Å². The summed E-state index contributed by atoms with van der Waals surface area (Å²) in [5.74, 6) is 2.02. The molecule has 0 amide bonds. The molecule has 1 aliphatic rings. The number of nitrogens with zero attached hydrogens (tertiary/aromatic N) is 3. The fraction of sp³-hybridized carbons (Fsp3) is 0.857. The van der Waals surface area contributed by atoms with E-state index in [4.69, 9.17) is 4.52 Å². The lowest BCUT2D eigenvalue weighted by molar-refractivity contribution is 0.0322. The van der Waals surface area contributed by atoms with E-state index in [1.54, 1.807) is 0 Å².